The quantitative estimate of drug-likeness (QED) is 0.783. The Labute approximate surface area is 139 Å². The molecule has 0 unspecified atom stereocenters. The molecule has 2 N–H and O–H groups in total. The molecule has 1 aliphatic heterocycles. The number of hydrogen-bond acceptors (Lipinski definition) is 2. The number of carboxylic acids is 1. The van der Waals surface area contributed by atoms with Crippen molar-refractivity contribution >= 4 is 12.0 Å². The number of aliphatic carboxylic acids is 1. The molecule has 0 atom stereocenters. The average Bonchev–Trinajstić information content (AvgIpc) is 2.55. The van der Waals surface area contributed by atoms with Crippen LogP contribution >= 0.6 is 0 Å². The Morgan fingerprint density at radius 2 is 1.96 bits per heavy atom. The second kappa shape index (κ2) is 8.61. The lowest BCUT2D eigenvalue weighted by Crippen LogP contribution is -2.45. The third-order valence-corrected chi connectivity index (χ3v) is 4.26. The SMILES string of the molecule is O=C(O)CCCNC(=O)N1CCC(Cc2cc(F)ccc2F)CC1. The van der Waals surface area contributed by atoms with Gasteiger partial charge in [-0.3, -0.25) is 4.79 Å². The summed E-state index contributed by atoms with van der Waals surface area (Å²) < 4.78 is 26.9. The fourth-order valence-electron chi connectivity index (χ4n) is 2.90. The number of carbonyl (C=O) groups is 2. The second-order valence-electron chi connectivity index (χ2n) is 6.10. The average molecular weight is 340 g/mol. The van der Waals surface area contributed by atoms with Crippen molar-refractivity contribution in [2.24, 2.45) is 5.92 Å². The Hall–Kier alpha value is -2.18. The summed E-state index contributed by atoms with van der Waals surface area (Å²) in [7, 11) is 0. The first-order valence-electron chi connectivity index (χ1n) is 8.14. The number of halogens is 2. The van der Waals surface area contributed by atoms with Crippen molar-refractivity contribution in [1.29, 1.82) is 0 Å². The zero-order valence-corrected chi connectivity index (χ0v) is 13.4. The number of amides is 2. The number of carbonyl (C=O) groups excluding carboxylic acids is 1. The van der Waals surface area contributed by atoms with Gasteiger partial charge < -0.3 is 15.3 Å². The molecule has 24 heavy (non-hydrogen) atoms. The van der Waals surface area contributed by atoms with Crippen LogP contribution in [0.5, 0.6) is 0 Å². The third-order valence-electron chi connectivity index (χ3n) is 4.26. The first-order valence-corrected chi connectivity index (χ1v) is 8.14. The van der Waals surface area contributed by atoms with Crippen molar-refractivity contribution in [2.45, 2.75) is 32.1 Å². The van der Waals surface area contributed by atoms with E-state index in [0.29, 0.717) is 38.0 Å². The van der Waals surface area contributed by atoms with E-state index in [1.807, 2.05) is 0 Å². The highest BCUT2D eigenvalue weighted by atomic mass is 19.1. The zero-order valence-electron chi connectivity index (χ0n) is 13.4. The molecule has 2 amide bonds. The molecule has 1 aliphatic rings. The van der Waals surface area contributed by atoms with Gasteiger partial charge in [0.2, 0.25) is 0 Å². The Morgan fingerprint density at radius 1 is 1.25 bits per heavy atom. The van der Waals surface area contributed by atoms with Crippen molar-refractivity contribution < 1.29 is 23.5 Å². The summed E-state index contributed by atoms with van der Waals surface area (Å²) >= 11 is 0. The summed E-state index contributed by atoms with van der Waals surface area (Å²) in [6, 6.07) is 3.29. The lowest BCUT2D eigenvalue weighted by molar-refractivity contribution is -0.137. The molecule has 0 saturated carbocycles. The molecule has 1 fully saturated rings. The molecule has 1 aromatic carbocycles. The number of hydrogen-bond donors (Lipinski definition) is 2. The smallest absolute Gasteiger partial charge is 0.317 e. The standard InChI is InChI=1S/C17H22F2N2O3/c18-14-3-4-15(19)13(11-14)10-12-5-8-21(9-6-12)17(24)20-7-1-2-16(22)23/h3-4,11-12H,1-2,5-10H2,(H,20,24)(H,22,23). The van der Waals surface area contributed by atoms with Gasteiger partial charge in [-0.25, -0.2) is 13.6 Å². The second-order valence-corrected chi connectivity index (χ2v) is 6.10. The maximum absolute atomic E-state index is 13.7. The van der Waals surface area contributed by atoms with Gasteiger partial charge in [-0.1, -0.05) is 0 Å². The van der Waals surface area contributed by atoms with Crippen molar-refractivity contribution in [2.75, 3.05) is 19.6 Å². The van der Waals surface area contributed by atoms with Crippen LogP contribution in [0.15, 0.2) is 18.2 Å². The molecule has 0 bridgehead atoms. The number of nitrogens with one attached hydrogen (secondary N) is 1. The Kier molecular flexibility index (Phi) is 6.52. The number of piperidine rings is 1. The van der Waals surface area contributed by atoms with Crippen LogP contribution in [0.25, 0.3) is 0 Å². The van der Waals surface area contributed by atoms with Crippen LogP contribution in [0.2, 0.25) is 0 Å². The fourth-order valence-corrected chi connectivity index (χ4v) is 2.90. The van der Waals surface area contributed by atoms with Crippen LogP contribution in [0.3, 0.4) is 0 Å². The molecule has 2 rings (SSSR count). The lowest BCUT2D eigenvalue weighted by atomic mass is 9.90. The highest BCUT2D eigenvalue weighted by Crippen LogP contribution is 2.23. The molecular formula is C17H22F2N2O3. The normalized spacial score (nSPS) is 15.3. The molecule has 1 aromatic rings. The maximum atomic E-state index is 13.7. The van der Waals surface area contributed by atoms with Gasteiger partial charge in [-0.05, 0) is 55.4 Å². The molecule has 0 aliphatic carbocycles. The molecule has 0 spiro atoms. The van der Waals surface area contributed by atoms with Crippen molar-refractivity contribution in [3.63, 3.8) is 0 Å². The van der Waals surface area contributed by atoms with Gasteiger partial charge >= 0.3 is 12.0 Å². The monoisotopic (exact) mass is 340 g/mol. The van der Waals surface area contributed by atoms with E-state index >= 15 is 0 Å². The van der Waals surface area contributed by atoms with E-state index < -0.39 is 17.6 Å². The van der Waals surface area contributed by atoms with Gasteiger partial charge in [0, 0.05) is 26.1 Å². The highest BCUT2D eigenvalue weighted by Gasteiger charge is 2.23. The summed E-state index contributed by atoms with van der Waals surface area (Å²) in [5.74, 6) is -1.49. The molecule has 5 nitrogen and oxygen atoms in total. The van der Waals surface area contributed by atoms with Crippen LogP contribution in [0, 0.1) is 17.6 Å². The maximum Gasteiger partial charge on any atom is 0.317 e. The van der Waals surface area contributed by atoms with Gasteiger partial charge in [0.1, 0.15) is 11.6 Å². The number of carboxylic acid groups (broad SMARTS) is 1. The van der Waals surface area contributed by atoms with Crippen LogP contribution in [0.1, 0.15) is 31.2 Å². The topological polar surface area (TPSA) is 69.6 Å². The van der Waals surface area contributed by atoms with Gasteiger partial charge in [-0.15, -0.1) is 0 Å². The van der Waals surface area contributed by atoms with Crippen LogP contribution < -0.4 is 5.32 Å². The predicted octanol–water partition coefficient (Wildman–Crippen LogP) is 2.79. The minimum atomic E-state index is -0.880. The van der Waals surface area contributed by atoms with E-state index in [-0.39, 0.29) is 18.4 Å². The summed E-state index contributed by atoms with van der Waals surface area (Å²) in [6.07, 6.45) is 2.37. The molecule has 132 valence electrons. The van der Waals surface area contributed by atoms with Crippen molar-refractivity contribution in [3.05, 3.63) is 35.4 Å². The van der Waals surface area contributed by atoms with Crippen molar-refractivity contribution in [3.8, 4) is 0 Å². The lowest BCUT2D eigenvalue weighted by Gasteiger charge is -2.32. The molecule has 0 radical (unpaired) electrons. The predicted molar refractivity (Wildman–Crippen MR) is 84.6 cm³/mol. The molecular weight excluding hydrogens is 318 g/mol. The largest absolute Gasteiger partial charge is 0.481 e. The number of rotatable bonds is 6. The Bertz CT molecular complexity index is 587. The number of urea groups is 1. The zero-order chi connectivity index (χ0) is 17.5. The van der Waals surface area contributed by atoms with Gasteiger partial charge in [0.15, 0.2) is 0 Å². The van der Waals surface area contributed by atoms with Crippen LogP contribution in [-0.4, -0.2) is 41.6 Å². The molecule has 0 aromatic heterocycles. The van der Waals surface area contributed by atoms with E-state index in [0.717, 1.165) is 25.0 Å². The van der Waals surface area contributed by atoms with E-state index in [9.17, 15) is 18.4 Å². The Balaban J connectivity index is 1.73. The first-order chi connectivity index (χ1) is 11.5. The minimum Gasteiger partial charge on any atom is -0.481 e. The summed E-state index contributed by atoms with van der Waals surface area (Å²) in [5, 5.41) is 11.2. The molecule has 1 heterocycles. The number of nitrogens with zero attached hydrogens (tertiary/aromatic N) is 1. The first kappa shape index (κ1) is 18.2. The van der Waals surface area contributed by atoms with Gasteiger partial charge in [-0.2, -0.15) is 0 Å². The summed E-state index contributed by atoms with van der Waals surface area (Å²) in [5.41, 5.74) is 0.381. The summed E-state index contributed by atoms with van der Waals surface area (Å²) in [4.78, 5) is 24.0. The van der Waals surface area contributed by atoms with Crippen LogP contribution in [0.4, 0.5) is 13.6 Å². The fraction of sp³-hybridized carbons (Fsp3) is 0.529. The van der Waals surface area contributed by atoms with Gasteiger partial charge in [0.25, 0.3) is 0 Å². The van der Waals surface area contributed by atoms with Gasteiger partial charge in [0.05, 0.1) is 0 Å². The van der Waals surface area contributed by atoms with Crippen molar-refractivity contribution in [1.82, 2.24) is 10.2 Å². The third kappa shape index (κ3) is 5.47. The Morgan fingerprint density at radius 3 is 2.62 bits per heavy atom. The van der Waals surface area contributed by atoms with Crippen LogP contribution in [-0.2, 0) is 11.2 Å². The minimum absolute atomic E-state index is 0.0293. The van der Waals surface area contributed by atoms with E-state index in [1.54, 1.807) is 4.90 Å². The van der Waals surface area contributed by atoms with E-state index in [1.165, 1.54) is 6.07 Å². The molecule has 1 saturated heterocycles. The highest BCUT2D eigenvalue weighted by molar-refractivity contribution is 5.74. The van der Waals surface area contributed by atoms with E-state index in [2.05, 4.69) is 5.32 Å². The molecule has 7 heteroatoms. The summed E-state index contributed by atoms with van der Waals surface area (Å²) in [6.45, 7) is 1.46. The number of likely N-dealkylation sites (tertiary alicyclic amines) is 1. The van der Waals surface area contributed by atoms with E-state index in [4.69, 9.17) is 5.11 Å². The number of benzene rings is 1.